The van der Waals surface area contributed by atoms with E-state index in [1.54, 1.807) is 6.07 Å². The van der Waals surface area contributed by atoms with Crippen LogP contribution in [0.15, 0.2) is 36.4 Å². The molecule has 0 bridgehead atoms. The molecule has 1 heterocycles. The lowest BCUT2D eigenvalue weighted by Gasteiger charge is -2.10. The largest absolute Gasteiger partial charge is 0.494 e. The van der Waals surface area contributed by atoms with Crippen LogP contribution in [0.25, 0.3) is 16.9 Å². The predicted octanol–water partition coefficient (Wildman–Crippen LogP) is 4.10. The van der Waals surface area contributed by atoms with Crippen molar-refractivity contribution in [2.45, 2.75) is 5.88 Å². The Morgan fingerprint density at radius 3 is 2.38 bits per heavy atom. The summed E-state index contributed by atoms with van der Waals surface area (Å²) in [6, 6.07) is 7.18. The lowest BCUT2D eigenvalue weighted by Crippen LogP contribution is -2.02. The number of methoxy groups -OCH3 is 1. The highest BCUT2D eigenvalue weighted by atomic mass is 35.5. The molecule has 3 aromatic rings. The summed E-state index contributed by atoms with van der Waals surface area (Å²) in [6.07, 6.45) is 0. The molecular weight excluding hydrogens is 343 g/mol. The van der Waals surface area contributed by atoms with Crippen molar-refractivity contribution in [3.8, 4) is 22.7 Å². The fourth-order valence-electron chi connectivity index (χ4n) is 2.35. The second kappa shape index (κ2) is 6.52. The maximum atomic E-state index is 14.0. The maximum absolute atomic E-state index is 14.0. The van der Waals surface area contributed by atoms with Crippen LogP contribution in [0.2, 0.25) is 0 Å². The van der Waals surface area contributed by atoms with Gasteiger partial charge in [-0.05, 0) is 24.3 Å². The Labute approximate surface area is 140 Å². The van der Waals surface area contributed by atoms with Gasteiger partial charge < -0.3 is 4.74 Å². The number of halogens is 4. The topological polar surface area (TPSA) is 39.9 Å². The van der Waals surface area contributed by atoms with Gasteiger partial charge in [-0.25, -0.2) is 17.9 Å². The molecule has 0 amide bonds. The third-order valence-electron chi connectivity index (χ3n) is 3.38. The zero-order valence-electron chi connectivity index (χ0n) is 12.4. The van der Waals surface area contributed by atoms with Crippen LogP contribution < -0.4 is 4.74 Å². The molecule has 0 saturated heterocycles. The molecule has 3 rings (SSSR count). The van der Waals surface area contributed by atoms with Gasteiger partial charge in [-0.1, -0.05) is 5.21 Å². The Bertz CT molecular complexity index is 878. The SMILES string of the molecule is COc1ccc(-n2nnc(CCl)c2-c2cc(F)cc(F)c2)cc1F. The van der Waals surface area contributed by atoms with Gasteiger partial charge in [0.2, 0.25) is 0 Å². The van der Waals surface area contributed by atoms with E-state index in [4.69, 9.17) is 16.3 Å². The quantitative estimate of drug-likeness (QED) is 0.663. The van der Waals surface area contributed by atoms with Gasteiger partial charge >= 0.3 is 0 Å². The van der Waals surface area contributed by atoms with Gasteiger partial charge in [0.1, 0.15) is 17.3 Å². The Hall–Kier alpha value is -2.54. The van der Waals surface area contributed by atoms with Gasteiger partial charge in [0.05, 0.1) is 24.4 Å². The first kappa shape index (κ1) is 16.3. The zero-order chi connectivity index (χ0) is 17.3. The van der Waals surface area contributed by atoms with Crippen molar-refractivity contribution in [2.24, 2.45) is 0 Å². The van der Waals surface area contributed by atoms with Crippen molar-refractivity contribution in [1.82, 2.24) is 15.0 Å². The highest BCUT2D eigenvalue weighted by molar-refractivity contribution is 6.17. The van der Waals surface area contributed by atoms with E-state index in [-0.39, 0.29) is 22.9 Å². The summed E-state index contributed by atoms with van der Waals surface area (Å²) in [4.78, 5) is 0. The molecule has 1 aromatic heterocycles. The molecule has 124 valence electrons. The van der Waals surface area contributed by atoms with Gasteiger partial charge in [-0.15, -0.1) is 16.7 Å². The van der Waals surface area contributed by atoms with Crippen molar-refractivity contribution in [2.75, 3.05) is 7.11 Å². The average molecular weight is 354 g/mol. The third kappa shape index (κ3) is 2.94. The van der Waals surface area contributed by atoms with Crippen LogP contribution >= 0.6 is 11.6 Å². The Morgan fingerprint density at radius 1 is 1.08 bits per heavy atom. The molecule has 4 nitrogen and oxygen atoms in total. The normalized spacial score (nSPS) is 10.9. The smallest absolute Gasteiger partial charge is 0.167 e. The van der Waals surface area contributed by atoms with E-state index >= 15 is 0 Å². The van der Waals surface area contributed by atoms with Crippen molar-refractivity contribution in [3.05, 3.63) is 59.5 Å². The molecule has 0 aliphatic carbocycles. The standard InChI is InChI=1S/C16H11ClF3N3O/c1-24-15-3-2-12(7-13(15)20)23-16(14(8-17)21-22-23)9-4-10(18)6-11(19)5-9/h2-7H,8H2,1H3. The number of hydrogen-bond donors (Lipinski definition) is 0. The van der Waals surface area contributed by atoms with Crippen molar-refractivity contribution in [3.63, 3.8) is 0 Å². The van der Waals surface area contributed by atoms with E-state index in [1.165, 1.54) is 23.9 Å². The van der Waals surface area contributed by atoms with Crippen molar-refractivity contribution in [1.29, 1.82) is 0 Å². The van der Waals surface area contributed by atoms with E-state index in [9.17, 15) is 13.2 Å². The number of alkyl halides is 1. The van der Waals surface area contributed by atoms with Crippen LogP contribution in [-0.4, -0.2) is 22.1 Å². The van der Waals surface area contributed by atoms with Gasteiger partial charge in [-0.2, -0.15) is 0 Å². The molecule has 0 saturated carbocycles. The summed E-state index contributed by atoms with van der Waals surface area (Å²) in [5.41, 5.74) is 1.12. The van der Waals surface area contributed by atoms with E-state index in [0.29, 0.717) is 11.4 Å². The monoisotopic (exact) mass is 353 g/mol. The first-order valence-corrected chi connectivity index (χ1v) is 7.38. The number of rotatable bonds is 4. The number of aromatic nitrogens is 3. The summed E-state index contributed by atoms with van der Waals surface area (Å²) in [5.74, 6) is -2.06. The molecule has 0 N–H and O–H groups in total. The summed E-state index contributed by atoms with van der Waals surface area (Å²) in [5, 5.41) is 7.82. The molecule has 0 radical (unpaired) electrons. The molecule has 8 heteroatoms. The van der Waals surface area contributed by atoms with Gasteiger partial charge in [-0.3, -0.25) is 0 Å². The van der Waals surface area contributed by atoms with Crippen LogP contribution in [0.4, 0.5) is 13.2 Å². The van der Waals surface area contributed by atoms with Gasteiger partial charge in [0, 0.05) is 17.7 Å². The fourth-order valence-corrected chi connectivity index (χ4v) is 2.53. The fraction of sp³-hybridized carbons (Fsp3) is 0.125. The minimum absolute atomic E-state index is 0.0217. The number of ether oxygens (including phenoxy) is 1. The Morgan fingerprint density at radius 2 is 1.79 bits per heavy atom. The first-order valence-electron chi connectivity index (χ1n) is 6.84. The minimum Gasteiger partial charge on any atom is -0.494 e. The molecule has 2 aromatic carbocycles. The lowest BCUT2D eigenvalue weighted by molar-refractivity contribution is 0.386. The first-order chi connectivity index (χ1) is 11.5. The van der Waals surface area contributed by atoms with Crippen LogP contribution in [0.3, 0.4) is 0 Å². The van der Waals surface area contributed by atoms with Crippen molar-refractivity contribution >= 4 is 11.6 Å². The molecule has 0 atom stereocenters. The van der Waals surface area contributed by atoms with Crippen molar-refractivity contribution < 1.29 is 17.9 Å². The molecule has 0 aliphatic rings. The number of hydrogen-bond acceptors (Lipinski definition) is 3. The highest BCUT2D eigenvalue weighted by Crippen LogP contribution is 2.29. The number of benzene rings is 2. The second-order valence-electron chi connectivity index (χ2n) is 4.91. The molecular formula is C16H11ClF3N3O. The van der Waals surface area contributed by atoms with E-state index in [0.717, 1.165) is 18.2 Å². The van der Waals surface area contributed by atoms with Crippen LogP contribution in [-0.2, 0) is 5.88 Å². The molecule has 0 aliphatic heterocycles. The lowest BCUT2D eigenvalue weighted by atomic mass is 10.1. The molecule has 0 fully saturated rings. The van der Waals surface area contributed by atoms with E-state index in [2.05, 4.69) is 10.3 Å². The van der Waals surface area contributed by atoms with Gasteiger partial charge in [0.15, 0.2) is 11.6 Å². The van der Waals surface area contributed by atoms with Crippen LogP contribution in [0, 0.1) is 17.5 Å². The minimum atomic E-state index is -0.751. The van der Waals surface area contributed by atoms with E-state index in [1.807, 2.05) is 0 Å². The number of nitrogens with zero attached hydrogens (tertiary/aromatic N) is 3. The zero-order valence-corrected chi connectivity index (χ0v) is 13.2. The maximum Gasteiger partial charge on any atom is 0.167 e. The van der Waals surface area contributed by atoms with Crippen LogP contribution in [0.1, 0.15) is 5.69 Å². The van der Waals surface area contributed by atoms with E-state index < -0.39 is 17.5 Å². The van der Waals surface area contributed by atoms with Gasteiger partial charge in [0.25, 0.3) is 0 Å². The Balaban J connectivity index is 2.20. The molecule has 0 spiro atoms. The summed E-state index contributed by atoms with van der Waals surface area (Å²) in [6.45, 7) is 0. The predicted molar refractivity (Wildman–Crippen MR) is 82.8 cm³/mol. The Kier molecular flexibility index (Phi) is 4.44. The molecule has 24 heavy (non-hydrogen) atoms. The summed E-state index contributed by atoms with van der Waals surface area (Å²) in [7, 11) is 1.35. The third-order valence-corrected chi connectivity index (χ3v) is 3.64. The van der Waals surface area contributed by atoms with Crippen LogP contribution in [0.5, 0.6) is 5.75 Å². The summed E-state index contributed by atoms with van der Waals surface area (Å²) >= 11 is 5.84. The second-order valence-corrected chi connectivity index (χ2v) is 5.17. The molecule has 0 unspecified atom stereocenters. The average Bonchev–Trinajstić information content (AvgIpc) is 2.97. The summed E-state index contributed by atoms with van der Waals surface area (Å²) < 4.78 is 47.2. The highest BCUT2D eigenvalue weighted by Gasteiger charge is 2.18.